The van der Waals surface area contributed by atoms with Gasteiger partial charge in [-0.25, -0.2) is 0 Å². The van der Waals surface area contributed by atoms with E-state index in [4.69, 9.17) is 4.74 Å². The lowest BCUT2D eigenvalue weighted by Crippen LogP contribution is -2.37. The highest BCUT2D eigenvalue weighted by molar-refractivity contribution is 5.77. The third kappa shape index (κ3) is 3.26. The molecule has 1 aliphatic heterocycles. The molecule has 1 aromatic carbocycles. The summed E-state index contributed by atoms with van der Waals surface area (Å²) in [5.74, 6) is 0.956. The van der Waals surface area contributed by atoms with Gasteiger partial charge >= 0.3 is 0 Å². The Balaban J connectivity index is 1.93. The van der Waals surface area contributed by atoms with E-state index < -0.39 is 0 Å². The summed E-state index contributed by atoms with van der Waals surface area (Å²) in [6.07, 6.45) is 3.05. The molecule has 4 nitrogen and oxygen atoms in total. The Morgan fingerprint density at radius 2 is 2.26 bits per heavy atom. The number of amides is 1. The number of nitrogens with zero attached hydrogens (tertiary/aromatic N) is 1. The zero-order chi connectivity index (χ0) is 13.7. The van der Waals surface area contributed by atoms with Crippen LogP contribution in [0.4, 0.5) is 0 Å². The van der Waals surface area contributed by atoms with Crippen molar-refractivity contribution >= 4 is 5.91 Å². The number of carbonyl (C=O) groups is 1. The van der Waals surface area contributed by atoms with Crippen LogP contribution in [0.1, 0.15) is 24.8 Å². The minimum Gasteiger partial charge on any atom is -0.496 e. The van der Waals surface area contributed by atoms with Crippen molar-refractivity contribution in [3.8, 4) is 5.75 Å². The zero-order valence-electron chi connectivity index (χ0n) is 11.3. The zero-order valence-corrected chi connectivity index (χ0v) is 11.3. The molecule has 0 radical (unpaired) electrons. The fraction of sp³-hybridized carbons (Fsp3) is 0.533. The molecule has 0 unspecified atom stereocenters. The van der Waals surface area contributed by atoms with Crippen LogP contribution in [0.25, 0.3) is 0 Å². The number of likely N-dealkylation sites (tertiary alicyclic amines) is 1. The number of aliphatic hydroxyl groups excluding tert-OH is 1. The Bertz CT molecular complexity index is 433. The second-order valence-corrected chi connectivity index (χ2v) is 4.88. The van der Waals surface area contributed by atoms with E-state index >= 15 is 0 Å². The fourth-order valence-corrected chi connectivity index (χ4v) is 2.65. The maximum absolute atomic E-state index is 12.2. The Labute approximate surface area is 114 Å². The molecular weight excluding hydrogens is 242 g/mol. The highest BCUT2D eigenvalue weighted by Gasteiger charge is 2.27. The number of ether oxygens (including phenoxy) is 1. The van der Waals surface area contributed by atoms with E-state index in [2.05, 4.69) is 0 Å². The quantitative estimate of drug-likeness (QED) is 0.878. The molecule has 104 valence electrons. The highest BCUT2D eigenvalue weighted by Crippen LogP contribution is 2.21. The van der Waals surface area contributed by atoms with E-state index in [1.165, 1.54) is 0 Å². The first-order valence-electron chi connectivity index (χ1n) is 6.78. The minimum absolute atomic E-state index is 0.0187. The summed E-state index contributed by atoms with van der Waals surface area (Å²) in [6.45, 7) is 0.844. The average molecular weight is 263 g/mol. The standard InChI is InChI=1S/C15H21NO3/c1-19-14-7-3-2-5-12(14)8-9-15(18)16-10-4-6-13(16)11-17/h2-3,5,7,13,17H,4,6,8-11H2,1H3/t13-/m0/s1. The second kappa shape index (κ2) is 6.57. The van der Waals surface area contributed by atoms with Crippen LogP contribution in [0.5, 0.6) is 5.75 Å². The highest BCUT2D eigenvalue weighted by atomic mass is 16.5. The Hall–Kier alpha value is -1.55. The molecule has 1 amide bonds. The SMILES string of the molecule is COc1ccccc1CCC(=O)N1CCC[C@H]1CO. The summed E-state index contributed by atoms with van der Waals surface area (Å²) >= 11 is 0. The maximum Gasteiger partial charge on any atom is 0.223 e. The lowest BCUT2D eigenvalue weighted by Gasteiger charge is -2.23. The summed E-state index contributed by atoms with van der Waals surface area (Å²) < 4.78 is 5.28. The molecule has 1 atom stereocenters. The molecule has 4 heteroatoms. The van der Waals surface area contributed by atoms with Gasteiger partial charge in [-0.15, -0.1) is 0 Å². The third-order valence-electron chi connectivity index (χ3n) is 3.71. The van der Waals surface area contributed by atoms with Crippen LogP contribution in [0.15, 0.2) is 24.3 Å². The second-order valence-electron chi connectivity index (χ2n) is 4.88. The van der Waals surface area contributed by atoms with Crippen molar-refractivity contribution in [2.45, 2.75) is 31.7 Å². The lowest BCUT2D eigenvalue weighted by atomic mass is 10.1. The molecule has 1 N–H and O–H groups in total. The molecule has 1 saturated heterocycles. The smallest absolute Gasteiger partial charge is 0.223 e. The number of para-hydroxylation sites is 1. The topological polar surface area (TPSA) is 49.8 Å². The van der Waals surface area contributed by atoms with Crippen molar-refractivity contribution in [2.75, 3.05) is 20.3 Å². The Morgan fingerprint density at radius 1 is 1.47 bits per heavy atom. The van der Waals surface area contributed by atoms with Crippen LogP contribution < -0.4 is 4.74 Å². The Kier molecular flexibility index (Phi) is 4.80. The van der Waals surface area contributed by atoms with Gasteiger partial charge in [0, 0.05) is 13.0 Å². The van der Waals surface area contributed by atoms with Gasteiger partial charge in [-0.05, 0) is 30.9 Å². The minimum atomic E-state index is 0.0187. The third-order valence-corrected chi connectivity index (χ3v) is 3.71. The van der Waals surface area contributed by atoms with E-state index in [0.717, 1.165) is 30.7 Å². The summed E-state index contributed by atoms with van der Waals surface area (Å²) in [5.41, 5.74) is 1.05. The van der Waals surface area contributed by atoms with Crippen molar-refractivity contribution in [2.24, 2.45) is 0 Å². The van der Waals surface area contributed by atoms with Gasteiger partial charge in [0.1, 0.15) is 5.75 Å². The van der Waals surface area contributed by atoms with Crippen molar-refractivity contribution in [1.29, 1.82) is 0 Å². The number of carbonyl (C=O) groups excluding carboxylic acids is 1. The van der Waals surface area contributed by atoms with E-state index in [1.54, 1.807) is 7.11 Å². The van der Waals surface area contributed by atoms with Gasteiger partial charge in [0.05, 0.1) is 19.8 Å². The first-order valence-corrected chi connectivity index (χ1v) is 6.78. The normalized spacial score (nSPS) is 18.6. The van der Waals surface area contributed by atoms with Gasteiger partial charge < -0.3 is 14.7 Å². The summed E-state index contributed by atoms with van der Waals surface area (Å²) in [7, 11) is 1.64. The van der Waals surface area contributed by atoms with Gasteiger partial charge in [0.2, 0.25) is 5.91 Å². The molecule has 0 saturated carbocycles. The molecule has 0 aromatic heterocycles. The van der Waals surface area contributed by atoms with E-state index in [1.807, 2.05) is 29.2 Å². The molecule has 1 heterocycles. The molecule has 0 spiro atoms. The number of hydrogen-bond acceptors (Lipinski definition) is 3. The van der Waals surface area contributed by atoms with E-state index in [-0.39, 0.29) is 18.6 Å². The predicted octanol–water partition coefficient (Wildman–Crippen LogP) is 1.61. The summed E-state index contributed by atoms with van der Waals surface area (Å²) in [6, 6.07) is 7.79. The van der Waals surface area contributed by atoms with Gasteiger partial charge in [-0.1, -0.05) is 18.2 Å². The number of hydrogen-bond donors (Lipinski definition) is 1. The first-order chi connectivity index (χ1) is 9.26. The van der Waals surface area contributed by atoms with Gasteiger partial charge in [0.25, 0.3) is 0 Å². The number of rotatable bonds is 5. The van der Waals surface area contributed by atoms with Crippen LogP contribution in [0.3, 0.4) is 0 Å². The number of benzene rings is 1. The van der Waals surface area contributed by atoms with Crippen molar-refractivity contribution < 1.29 is 14.6 Å². The molecular formula is C15H21NO3. The van der Waals surface area contributed by atoms with E-state index in [0.29, 0.717) is 12.8 Å². The molecule has 1 fully saturated rings. The number of aryl methyl sites for hydroxylation is 1. The van der Waals surface area contributed by atoms with Gasteiger partial charge in [-0.2, -0.15) is 0 Å². The molecule has 19 heavy (non-hydrogen) atoms. The summed E-state index contributed by atoms with van der Waals surface area (Å²) in [4.78, 5) is 14.0. The van der Waals surface area contributed by atoms with Crippen LogP contribution in [0, 0.1) is 0 Å². The van der Waals surface area contributed by atoms with Crippen LogP contribution in [-0.4, -0.2) is 42.2 Å². The molecule has 2 rings (SSSR count). The maximum atomic E-state index is 12.2. The Morgan fingerprint density at radius 3 is 3.00 bits per heavy atom. The van der Waals surface area contributed by atoms with Crippen molar-refractivity contribution in [3.63, 3.8) is 0 Å². The van der Waals surface area contributed by atoms with E-state index in [9.17, 15) is 9.90 Å². The largest absolute Gasteiger partial charge is 0.496 e. The van der Waals surface area contributed by atoms with Crippen LogP contribution in [-0.2, 0) is 11.2 Å². The first kappa shape index (κ1) is 13.9. The predicted molar refractivity (Wildman–Crippen MR) is 73.1 cm³/mol. The van der Waals surface area contributed by atoms with Crippen molar-refractivity contribution in [1.82, 2.24) is 4.90 Å². The van der Waals surface area contributed by atoms with Gasteiger partial charge in [0.15, 0.2) is 0 Å². The molecule has 0 aliphatic carbocycles. The van der Waals surface area contributed by atoms with Crippen LogP contribution in [0.2, 0.25) is 0 Å². The average Bonchev–Trinajstić information content (AvgIpc) is 2.93. The lowest BCUT2D eigenvalue weighted by molar-refractivity contribution is -0.132. The fourth-order valence-electron chi connectivity index (χ4n) is 2.65. The number of methoxy groups -OCH3 is 1. The number of aliphatic hydroxyl groups is 1. The monoisotopic (exact) mass is 263 g/mol. The molecule has 1 aromatic rings. The van der Waals surface area contributed by atoms with Crippen LogP contribution >= 0.6 is 0 Å². The van der Waals surface area contributed by atoms with Gasteiger partial charge in [-0.3, -0.25) is 4.79 Å². The van der Waals surface area contributed by atoms with Crippen molar-refractivity contribution in [3.05, 3.63) is 29.8 Å². The summed E-state index contributed by atoms with van der Waals surface area (Å²) in [5, 5.41) is 9.24. The molecule has 0 bridgehead atoms. The molecule has 1 aliphatic rings.